The van der Waals surface area contributed by atoms with Gasteiger partial charge in [-0.1, -0.05) is 42.5 Å². The second-order valence-electron chi connectivity index (χ2n) is 5.82. The number of fused-ring (bicyclic) bond motifs is 1. The molecule has 4 heteroatoms. The van der Waals surface area contributed by atoms with E-state index in [1.807, 2.05) is 24.3 Å². The van der Waals surface area contributed by atoms with E-state index < -0.39 is 0 Å². The summed E-state index contributed by atoms with van der Waals surface area (Å²) >= 11 is 0. The molecular formula is C18H20N4. The Balaban J connectivity index is 1.87. The van der Waals surface area contributed by atoms with Crippen LogP contribution in [0.15, 0.2) is 59.4 Å². The summed E-state index contributed by atoms with van der Waals surface area (Å²) in [5, 5.41) is 14.8. The third-order valence-corrected chi connectivity index (χ3v) is 4.17. The molecule has 1 aromatic carbocycles. The predicted molar refractivity (Wildman–Crippen MR) is 91.9 cm³/mol. The molecule has 1 aliphatic carbocycles. The van der Waals surface area contributed by atoms with Crippen molar-refractivity contribution >= 4 is 22.3 Å². The fourth-order valence-electron chi connectivity index (χ4n) is 2.65. The van der Waals surface area contributed by atoms with Crippen molar-refractivity contribution in [2.45, 2.75) is 26.7 Å². The summed E-state index contributed by atoms with van der Waals surface area (Å²) in [5.41, 5.74) is 6.59. The van der Waals surface area contributed by atoms with Gasteiger partial charge in [-0.3, -0.25) is 5.43 Å². The van der Waals surface area contributed by atoms with Crippen LogP contribution in [0, 0.1) is 5.92 Å². The first-order valence-electron chi connectivity index (χ1n) is 7.50. The first-order chi connectivity index (χ1) is 10.6. The van der Waals surface area contributed by atoms with E-state index in [9.17, 15) is 0 Å². The van der Waals surface area contributed by atoms with Crippen LogP contribution in [0.3, 0.4) is 0 Å². The lowest BCUT2D eigenvalue weighted by atomic mass is 9.85. The number of hydrogen-bond acceptors (Lipinski definition) is 4. The summed E-state index contributed by atoms with van der Waals surface area (Å²) in [6, 6.07) is 8.02. The van der Waals surface area contributed by atoms with E-state index in [1.54, 1.807) is 6.20 Å². The number of anilines is 1. The minimum Gasteiger partial charge on any atom is -0.259 e. The van der Waals surface area contributed by atoms with Crippen molar-refractivity contribution in [1.29, 1.82) is 0 Å². The third kappa shape index (κ3) is 2.91. The van der Waals surface area contributed by atoms with Gasteiger partial charge in [-0.2, -0.15) is 10.2 Å². The summed E-state index contributed by atoms with van der Waals surface area (Å²) in [4.78, 5) is 0. The largest absolute Gasteiger partial charge is 0.259 e. The van der Waals surface area contributed by atoms with Gasteiger partial charge in [0.05, 0.1) is 11.9 Å². The number of benzene rings is 1. The van der Waals surface area contributed by atoms with Crippen LogP contribution in [-0.2, 0) is 0 Å². The third-order valence-electron chi connectivity index (χ3n) is 4.17. The molecule has 0 fully saturated rings. The van der Waals surface area contributed by atoms with Crippen molar-refractivity contribution in [3.63, 3.8) is 0 Å². The maximum Gasteiger partial charge on any atom is 0.176 e. The van der Waals surface area contributed by atoms with Gasteiger partial charge in [0, 0.05) is 10.8 Å². The molecule has 1 aliphatic rings. The zero-order valence-electron chi connectivity index (χ0n) is 13.0. The number of hydrogen-bond donors (Lipinski definition) is 1. The lowest BCUT2D eigenvalue weighted by Gasteiger charge is -2.22. The molecule has 0 bridgehead atoms. The van der Waals surface area contributed by atoms with Crippen LogP contribution >= 0.6 is 0 Å². The number of rotatable bonds is 3. The summed E-state index contributed by atoms with van der Waals surface area (Å²) < 4.78 is 0. The molecule has 0 saturated heterocycles. The van der Waals surface area contributed by atoms with Gasteiger partial charge in [-0.15, -0.1) is 5.10 Å². The van der Waals surface area contributed by atoms with Crippen LogP contribution in [0.25, 0.3) is 10.8 Å². The van der Waals surface area contributed by atoms with E-state index in [2.05, 4.69) is 47.2 Å². The van der Waals surface area contributed by atoms with Crippen molar-refractivity contribution < 1.29 is 0 Å². The van der Waals surface area contributed by atoms with Gasteiger partial charge in [0.25, 0.3) is 0 Å². The molecule has 0 amide bonds. The number of nitrogens with zero attached hydrogens (tertiary/aromatic N) is 3. The Bertz CT molecular complexity index is 768. The molecule has 0 spiro atoms. The highest BCUT2D eigenvalue weighted by molar-refractivity contribution is 6.01. The molecule has 1 atom stereocenters. The summed E-state index contributed by atoms with van der Waals surface area (Å²) in [5.74, 6) is 1.17. The van der Waals surface area contributed by atoms with Gasteiger partial charge in [0.2, 0.25) is 0 Å². The van der Waals surface area contributed by atoms with Crippen LogP contribution in [0.5, 0.6) is 0 Å². The van der Waals surface area contributed by atoms with E-state index in [4.69, 9.17) is 0 Å². The Morgan fingerprint density at radius 1 is 1.36 bits per heavy atom. The molecule has 1 heterocycles. The SMILES string of the molecule is C=C(C)[C@@H]1CC=C(C)/C(=N/Nc2nncc3ccccc23)C1. The molecule has 2 aromatic rings. The predicted octanol–water partition coefficient (Wildman–Crippen LogP) is 4.33. The number of aromatic nitrogens is 2. The molecule has 0 saturated carbocycles. The van der Waals surface area contributed by atoms with E-state index >= 15 is 0 Å². The van der Waals surface area contributed by atoms with Crippen molar-refractivity contribution in [3.05, 3.63) is 54.3 Å². The molecule has 3 rings (SSSR count). The standard InChI is InChI=1S/C18H20N4/c1-12(2)14-9-8-13(3)17(10-14)20-22-18-16-7-5-4-6-15(16)11-19-21-18/h4-8,11,14H,1,9-10H2,2-3H3,(H,21,22)/b20-17+/t14-/m1/s1. The minimum atomic E-state index is 0.475. The van der Waals surface area contributed by atoms with Crippen LogP contribution in [-0.4, -0.2) is 15.9 Å². The first kappa shape index (κ1) is 14.4. The van der Waals surface area contributed by atoms with E-state index in [0.717, 1.165) is 29.3 Å². The first-order valence-corrected chi connectivity index (χ1v) is 7.50. The minimum absolute atomic E-state index is 0.475. The highest BCUT2D eigenvalue weighted by atomic mass is 15.3. The highest BCUT2D eigenvalue weighted by Crippen LogP contribution is 2.27. The smallest absolute Gasteiger partial charge is 0.176 e. The second-order valence-corrected chi connectivity index (χ2v) is 5.82. The van der Waals surface area contributed by atoms with E-state index in [1.165, 1.54) is 11.1 Å². The maximum absolute atomic E-state index is 4.57. The molecule has 22 heavy (non-hydrogen) atoms. The van der Waals surface area contributed by atoms with Gasteiger partial charge >= 0.3 is 0 Å². The molecule has 4 nitrogen and oxygen atoms in total. The quantitative estimate of drug-likeness (QED) is 0.676. The Morgan fingerprint density at radius 3 is 3.00 bits per heavy atom. The Kier molecular flexibility index (Phi) is 4.00. The van der Waals surface area contributed by atoms with Gasteiger partial charge in [0.15, 0.2) is 5.82 Å². The van der Waals surface area contributed by atoms with Crippen molar-refractivity contribution in [1.82, 2.24) is 10.2 Å². The lowest BCUT2D eigenvalue weighted by Crippen LogP contribution is -2.16. The molecular weight excluding hydrogens is 272 g/mol. The Labute approximate surface area is 130 Å². The molecule has 1 N–H and O–H groups in total. The molecule has 0 radical (unpaired) electrons. The van der Waals surface area contributed by atoms with Crippen LogP contribution in [0.4, 0.5) is 5.82 Å². The van der Waals surface area contributed by atoms with Gasteiger partial charge in [-0.05, 0) is 38.2 Å². The molecule has 112 valence electrons. The molecule has 1 aromatic heterocycles. The number of hydrazone groups is 1. The van der Waals surface area contributed by atoms with Gasteiger partial charge < -0.3 is 0 Å². The van der Waals surface area contributed by atoms with Crippen LogP contribution in [0.1, 0.15) is 26.7 Å². The summed E-state index contributed by atoms with van der Waals surface area (Å²) in [6.07, 6.45) is 5.96. The topological polar surface area (TPSA) is 50.2 Å². The summed E-state index contributed by atoms with van der Waals surface area (Å²) in [7, 11) is 0. The number of nitrogens with one attached hydrogen (secondary N) is 1. The van der Waals surface area contributed by atoms with Crippen molar-refractivity contribution in [2.24, 2.45) is 11.0 Å². The Hall–Kier alpha value is -2.49. The molecule has 0 aliphatic heterocycles. The number of allylic oxidation sites excluding steroid dienone is 3. The normalized spacial score (nSPS) is 20.0. The van der Waals surface area contributed by atoms with Gasteiger partial charge in [0.1, 0.15) is 0 Å². The maximum atomic E-state index is 4.57. The zero-order chi connectivity index (χ0) is 15.5. The monoisotopic (exact) mass is 292 g/mol. The van der Waals surface area contributed by atoms with Crippen molar-refractivity contribution in [3.8, 4) is 0 Å². The Morgan fingerprint density at radius 2 is 2.18 bits per heavy atom. The fourth-order valence-corrected chi connectivity index (χ4v) is 2.65. The van der Waals surface area contributed by atoms with Crippen LogP contribution < -0.4 is 5.43 Å². The summed E-state index contributed by atoms with van der Waals surface area (Å²) in [6.45, 7) is 8.26. The second kappa shape index (κ2) is 6.10. The van der Waals surface area contributed by atoms with E-state index in [-0.39, 0.29) is 0 Å². The average molecular weight is 292 g/mol. The highest BCUT2D eigenvalue weighted by Gasteiger charge is 2.18. The molecule has 0 unspecified atom stereocenters. The van der Waals surface area contributed by atoms with Crippen molar-refractivity contribution in [2.75, 3.05) is 5.43 Å². The fraction of sp³-hybridized carbons (Fsp3) is 0.278. The van der Waals surface area contributed by atoms with E-state index in [0.29, 0.717) is 11.7 Å². The zero-order valence-corrected chi connectivity index (χ0v) is 13.0. The van der Waals surface area contributed by atoms with Gasteiger partial charge in [-0.25, -0.2) is 0 Å². The average Bonchev–Trinajstić information content (AvgIpc) is 2.54. The lowest BCUT2D eigenvalue weighted by molar-refractivity contribution is 0.639. The van der Waals surface area contributed by atoms with Crippen LogP contribution in [0.2, 0.25) is 0 Å².